The number of hydrogen-bond donors (Lipinski definition) is 1. The van der Waals surface area contributed by atoms with E-state index >= 15 is 0 Å². The molecule has 0 unspecified atom stereocenters. The van der Waals surface area contributed by atoms with Crippen LogP contribution in [0.15, 0.2) is 18.2 Å². The summed E-state index contributed by atoms with van der Waals surface area (Å²) in [5.74, 6) is -0.142. The van der Waals surface area contributed by atoms with Gasteiger partial charge < -0.3 is 5.11 Å². The van der Waals surface area contributed by atoms with Crippen molar-refractivity contribution in [3.8, 4) is 0 Å². The standard InChI is InChI=1S/C9H9ClO2S/c1-13-5-7-3-2-6(9(11)12)4-8(7)10/h2-4H,5H2,1H3,(H,11,12). The number of benzene rings is 1. The fourth-order valence-electron chi connectivity index (χ4n) is 0.953. The Balaban J connectivity index is 2.98. The highest BCUT2D eigenvalue weighted by Gasteiger charge is 2.05. The predicted octanol–water partition coefficient (Wildman–Crippen LogP) is 2.90. The minimum absolute atomic E-state index is 0.231. The van der Waals surface area contributed by atoms with Gasteiger partial charge >= 0.3 is 5.97 Å². The van der Waals surface area contributed by atoms with E-state index in [0.29, 0.717) is 5.02 Å². The number of carbonyl (C=O) groups is 1. The Morgan fingerprint density at radius 3 is 2.77 bits per heavy atom. The van der Waals surface area contributed by atoms with Gasteiger partial charge in [-0.3, -0.25) is 0 Å². The van der Waals surface area contributed by atoms with E-state index in [0.717, 1.165) is 11.3 Å². The Hall–Kier alpha value is -0.670. The first kappa shape index (κ1) is 10.4. The zero-order chi connectivity index (χ0) is 9.84. The molecule has 0 saturated carbocycles. The first-order chi connectivity index (χ1) is 6.15. The summed E-state index contributed by atoms with van der Waals surface area (Å²) >= 11 is 7.53. The molecule has 1 aromatic carbocycles. The average Bonchev–Trinajstić information content (AvgIpc) is 2.08. The average molecular weight is 217 g/mol. The second-order valence-corrected chi connectivity index (χ2v) is 3.82. The molecule has 70 valence electrons. The molecule has 0 aliphatic rings. The third-order valence-corrected chi connectivity index (χ3v) is 2.55. The van der Waals surface area contributed by atoms with E-state index < -0.39 is 5.97 Å². The van der Waals surface area contributed by atoms with Crippen LogP contribution in [0.25, 0.3) is 0 Å². The van der Waals surface area contributed by atoms with Crippen LogP contribution >= 0.6 is 23.4 Å². The Labute approximate surface area is 85.9 Å². The maximum Gasteiger partial charge on any atom is 0.335 e. The molecule has 1 N–H and O–H groups in total. The molecular weight excluding hydrogens is 208 g/mol. The number of rotatable bonds is 3. The molecule has 0 bridgehead atoms. The van der Waals surface area contributed by atoms with Crippen molar-refractivity contribution in [1.29, 1.82) is 0 Å². The van der Waals surface area contributed by atoms with Gasteiger partial charge in [0.1, 0.15) is 0 Å². The van der Waals surface area contributed by atoms with Crippen LogP contribution in [-0.2, 0) is 5.75 Å². The van der Waals surface area contributed by atoms with Crippen LogP contribution in [0.1, 0.15) is 15.9 Å². The molecule has 0 saturated heterocycles. The molecule has 0 fully saturated rings. The quantitative estimate of drug-likeness (QED) is 0.844. The van der Waals surface area contributed by atoms with Gasteiger partial charge in [-0.1, -0.05) is 17.7 Å². The van der Waals surface area contributed by atoms with Crippen LogP contribution < -0.4 is 0 Å². The zero-order valence-corrected chi connectivity index (χ0v) is 8.65. The van der Waals surface area contributed by atoms with E-state index in [9.17, 15) is 4.79 Å². The normalized spacial score (nSPS) is 10.0. The number of carboxylic acids is 1. The lowest BCUT2D eigenvalue weighted by molar-refractivity contribution is 0.0697. The number of thioether (sulfide) groups is 1. The third kappa shape index (κ3) is 2.64. The number of halogens is 1. The molecule has 0 heterocycles. The molecule has 0 radical (unpaired) electrons. The van der Waals surface area contributed by atoms with Gasteiger partial charge in [0.25, 0.3) is 0 Å². The molecule has 0 atom stereocenters. The van der Waals surface area contributed by atoms with Crippen LogP contribution in [0.2, 0.25) is 5.02 Å². The first-order valence-corrected chi connectivity index (χ1v) is 5.43. The van der Waals surface area contributed by atoms with Gasteiger partial charge in [-0.15, -0.1) is 0 Å². The number of hydrogen-bond acceptors (Lipinski definition) is 2. The van der Waals surface area contributed by atoms with E-state index in [1.807, 2.05) is 6.26 Å². The van der Waals surface area contributed by atoms with Gasteiger partial charge in [0.2, 0.25) is 0 Å². The summed E-state index contributed by atoms with van der Waals surface area (Å²) in [6.45, 7) is 0. The highest BCUT2D eigenvalue weighted by atomic mass is 35.5. The van der Waals surface area contributed by atoms with Gasteiger partial charge in [0, 0.05) is 10.8 Å². The summed E-state index contributed by atoms with van der Waals surface area (Å²) < 4.78 is 0. The van der Waals surface area contributed by atoms with Crippen molar-refractivity contribution in [3.63, 3.8) is 0 Å². The molecule has 13 heavy (non-hydrogen) atoms. The summed E-state index contributed by atoms with van der Waals surface area (Å²) in [7, 11) is 0. The van der Waals surface area contributed by atoms with Crippen LogP contribution in [0.3, 0.4) is 0 Å². The fraction of sp³-hybridized carbons (Fsp3) is 0.222. The van der Waals surface area contributed by atoms with Crippen molar-refractivity contribution in [2.75, 3.05) is 6.26 Å². The summed E-state index contributed by atoms with van der Waals surface area (Å²) in [6, 6.07) is 4.80. The zero-order valence-electron chi connectivity index (χ0n) is 7.08. The van der Waals surface area contributed by atoms with Crippen molar-refractivity contribution in [2.45, 2.75) is 5.75 Å². The highest BCUT2D eigenvalue weighted by Crippen LogP contribution is 2.21. The molecular formula is C9H9ClO2S. The van der Waals surface area contributed by atoms with Crippen LogP contribution in [-0.4, -0.2) is 17.3 Å². The largest absolute Gasteiger partial charge is 0.478 e. The molecule has 0 aromatic heterocycles. The molecule has 1 rings (SSSR count). The molecule has 1 aromatic rings. The Morgan fingerprint density at radius 1 is 1.62 bits per heavy atom. The monoisotopic (exact) mass is 216 g/mol. The summed E-state index contributed by atoms with van der Waals surface area (Å²) in [5, 5.41) is 9.19. The lowest BCUT2D eigenvalue weighted by atomic mass is 10.1. The van der Waals surface area contributed by atoms with E-state index in [1.54, 1.807) is 23.9 Å². The minimum atomic E-state index is -0.947. The lowest BCUT2D eigenvalue weighted by Crippen LogP contribution is -1.96. The van der Waals surface area contributed by atoms with Crippen molar-refractivity contribution in [1.82, 2.24) is 0 Å². The van der Waals surface area contributed by atoms with Crippen molar-refractivity contribution in [3.05, 3.63) is 34.3 Å². The summed E-state index contributed by atoms with van der Waals surface area (Å²) in [4.78, 5) is 10.6. The third-order valence-electron chi connectivity index (χ3n) is 1.60. The van der Waals surface area contributed by atoms with Crippen molar-refractivity contribution in [2.24, 2.45) is 0 Å². The molecule has 4 heteroatoms. The molecule has 0 aliphatic carbocycles. The van der Waals surface area contributed by atoms with Gasteiger partial charge in [0.05, 0.1) is 5.56 Å². The Kier molecular flexibility index (Phi) is 3.63. The molecule has 0 spiro atoms. The van der Waals surface area contributed by atoms with Crippen LogP contribution in [0, 0.1) is 0 Å². The van der Waals surface area contributed by atoms with E-state index in [1.165, 1.54) is 6.07 Å². The smallest absolute Gasteiger partial charge is 0.335 e. The molecule has 0 aliphatic heterocycles. The molecule has 2 nitrogen and oxygen atoms in total. The van der Waals surface area contributed by atoms with Crippen molar-refractivity contribution < 1.29 is 9.90 Å². The maximum atomic E-state index is 10.6. The van der Waals surface area contributed by atoms with E-state index in [2.05, 4.69) is 0 Å². The fourth-order valence-corrected chi connectivity index (χ4v) is 1.84. The maximum absolute atomic E-state index is 10.6. The van der Waals surface area contributed by atoms with Gasteiger partial charge in [0.15, 0.2) is 0 Å². The second-order valence-electron chi connectivity index (χ2n) is 2.54. The highest BCUT2D eigenvalue weighted by molar-refractivity contribution is 7.97. The Bertz CT molecular complexity index is 325. The van der Waals surface area contributed by atoms with Crippen LogP contribution in [0.5, 0.6) is 0 Å². The van der Waals surface area contributed by atoms with E-state index in [4.69, 9.17) is 16.7 Å². The van der Waals surface area contributed by atoms with E-state index in [-0.39, 0.29) is 5.56 Å². The SMILES string of the molecule is CSCc1ccc(C(=O)O)cc1Cl. The summed E-state index contributed by atoms with van der Waals surface area (Å²) in [5.41, 5.74) is 1.20. The van der Waals surface area contributed by atoms with Gasteiger partial charge in [-0.05, 0) is 24.0 Å². The minimum Gasteiger partial charge on any atom is -0.478 e. The Morgan fingerprint density at radius 2 is 2.31 bits per heavy atom. The lowest BCUT2D eigenvalue weighted by Gasteiger charge is -2.02. The first-order valence-electron chi connectivity index (χ1n) is 3.66. The van der Waals surface area contributed by atoms with Crippen LogP contribution in [0.4, 0.5) is 0 Å². The topological polar surface area (TPSA) is 37.3 Å². The van der Waals surface area contributed by atoms with Gasteiger partial charge in [-0.25, -0.2) is 4.79 Å². The molecule has 0 amide bonds. The van der Waals surface area contributed by atoms with Gasteiger partial charge in [-0.2, -0.15) is 11.8 Å². The summed E-state index contributed by atoms with van der Waals surface area (Å²) in [6.07, 6.45) is 1.97. The predicted molar refractivity (Wildman–Crippen MR) is 55.6 cm³/mol. The second kappa shape index (κ2) is 4.53. The number of carboxylic acid groups (broad SMARTS) is 1. The van der Waals surface area contributed by atoms with Crippen molar-refractivity contribution >= 4 is 29.3 Å². The number of aromatic carboxylic acids is 1.